The molecule has 3 rings (SSSR count). The van der Waals surface area contributed by atoms with Crippen molar-refractivity contribution in [3.63, 3.8) is 0 Å². The fourth-order valence-corrected chi connectivity index (χ4v) is 2.93. The zero-order valence-electron chi connectivity index (χ0n) is 13.4. The number of aromatic nitrogens is 2. The largest absolute Gasteiger partial charge is 0.503 e. The molecule has 2 N–H and O–H groups in total. The molecule has 2 aromatic rings. The van der Waals surface area contributed by atoms with E-state index in [-0.39, 0.29) is 18.4 Å². The second-order valence-corrected chi connectivity index (χ2v) is 6.29. The standard InChI is InChI=1S/C17H15F3N2O4/c18-17(19,20)11-3-1-2-10(6-11)12(9-4-5-9)7-22-8-13(23)15(24)14(21-22)16(25)26/h1-3,6,8-9,12,23H,4-5,7H2,(H,25,26). The Bertz CT molecular complexity index is 904. The summed E-state index contributed by atoms with van der Waals surface area (Å²) in [4.78, 5) is 22.7. The zero-order valence-corrected chi connectivity index (χ0v) is 13.4. The van der Waals surface area contributed by atoms with Crippen LogP contribution in [0.4, 0.5) is 13.2 Å². The van der Waals surface area contributed by atoms with Crippen molar-refractivity contribution < 1.29 is 28.2 Å². The van der Waals surface area contributed by atoms with Gasteiger partial charge in [0.15, 0.2) is 5.75 Å². The van der Waals surface area contributed by atoms with Crippen LogP contribution < -0.4 is 5.43 Å². The molecule has 9 heteroatoms. The van der Waals surface area contributed by atoms with E-state index in [1.54, 1.807) is 6.07 Å². The number of carboxylic acids is 1. The van der Waals surface area contributed by atoms with Gasteiger partial charge in [-0.05, 0) is 30.4 Å². The van der Waals surface area contributed by atoms with Gasteiger partial charge in [0.25, 0.3) is 5.43 Å². The third kappa shape index (κ3) is 3.71. The van der Waals surface area contributed by atoms with Gasteiger partial charge < -0.3 is 10.2 Å². The minimum atomic E-state index is -4.46. The van der Waals surface area contributed by atoms with Crippen molar-refractivity contribution in [2.75, 3.05) is 0 Å². The van der Waals surface area contributed by atoms with Crippen LogP contribution in [0, 0.1) is 5.92 Å². The normalized spacial score (nSPS) is 15.7. The molecule has 138 valence electrons. The van der Waals surface area contributed by atoms with Crippen LogP contribution in [-0.4, -0.2) is 26.0 Å². The first-order valence-electron chi connectivity index (χ1n) is 7.88. The summed E-state index contributed by atoms with van der Waals surface area (Å²) in [6.07, 6.45) is -1.80. The number of carbonyl (C=O) groups is 1. The highest BCUT2D eigenvalue weighted by Crippen LogP contribution is 2.44. The summed E-state index contributed by atoms with van der Waals surface area (Å²) in [6.45, 7) is 0.0557. The summed E-state index contributed by atoms with van der Waals surface area (Å²) in [5.74, 6) is -2.55. The first-order valence-corrected chi connectivity index (χ1v) is 7.88. The van der Waals surface area contributed by atoms with Crippen molar-refractivity contribution in [2.24, 2.45) is 5.92 Å². The van der Waals surface area contributed by atoms with Crippen LogP contribution in [0.25, 0.3) is 0 Å². The van der Waals surface area contributed by atoms with E-state index >= 15 is 0 Å². The Morgan fingerprint density at radius 1 is 1.35 bits per heavy atom. The number of alkyl halides is 3. The smallest absolute Gasteiger partial charge is 0.416 e. The molecular weight excluding hydrogens is 353 g/mol. The lowest BCUT2D eigenvalue weighted by Crippen LogP contribution is -2.23. The molecule has 0 saturated heterocycles. The average molecular weight is 368 g/mol. The number of hydrogen-bond acceptors (Lipinski definition) is 4. The lowest BCUT2D eigenvalue weighted by molar-refractivity contribution is -0.137. The van der Waals surface area contributed by atoms with Crippen LogP contribution in [0.1, 0.15) is 40.4 Å². The van der Waals surface area contributed by atoms with E-state index in [1.807, 2.05) is 0 Å². The zero-order chi connectivity index (χ0) is 19.1. The molecule has 6 nitrogen and oxygen atoms in total. The molecular formula is C17H15F3N2O4. The maximum absolute atomic E-state index is 13.0. The van der Waals surface area contributed by atoms with Crippen LogP contribution >= 0.6 is 0 Å². The predicted octanol–water partition coefficient (Wildman–Crippen LogP) is 2.86. The minimum Gasteiger partial charge on any atom is -0.503 e. The second-order valence-electron chi connectivity index (χ2n) is 6.29. The SMILES string of the molecule is O=C(O)c1nn(CC(c2cccc(C(F)(F)F)c2)C2CC2)cc(O)c1=O. The molecule has 0 spiro atoms. The van der Waals surface area contributed by atoms with Gasteiger partial charge in [-0.2, -0.15) is 18.3 Å². The molecule has 1 fully saturated rings. The van der Waals surface area contributed by atoms with Crippen molar-refractivity contribution in [3.05, 3.63) is 57.5 Å². The Morgan fingerprint density at radius 3 is 2.62 bits per heavy atom. The number of benzene rings is 1. The Balaban J connectivity index is 1.96. The number of halogens is 3. The average Bonchev–Trinajstić information content (AvgIpc) is 3.39. The number of carboxylic acid groups (broad SMARTS) is 1. The molecule has 1 aromatic carbocycles. The molecule has 1 unspecified atom stereocenters. The van der Waals surface area contributed by atoms with Gasteiger partial charge in [-0.1, -0.05) is 18.2 Å². The summed E-state index contributed by atoms with van der Waals surface area (Å²) in [7, 11) is 0. The van der Waals surface area contributed by atoms with Crippen molar-refractivity contribution in [1.29, 1.82) is 0 Å². The van der Waals surface area contributed by atoms with Crippen LogP contribution in [0.15, 0.2) is 35.3 Å². The summed E-state index contributed by atoms with van der Waals surface area (Å²) >= 11 is 0. The van der Waals surface area contributed by atoms with E-state index in [9.17, 15) is 27.9 Å². The summed E-state index contributed by atoms with van der Waals surface area (Å²) in [6, 6.07) is 4.97. The lowest BCUT2D eigenvalue weighted by atomic mass is 9.92. The van der Waals surface area contributed by atoms with Crippen molar-refractivity contribution in [2.45, 2.75) is 31.5 Å². The van der Waals surface area contributed by atoms with Gasteiger partial charge in [-0.15, -0.1) is 0 Å². The third-order valence-corrected chi connectivity index (χ3v) is 4.37. The van der Waals surface area contributed by atoms with E-state index in [4.69, 9.17) is 5.11 Å². The van der Waals surface area contributed by atoms with E-state index in [1.165, 1.54) is 6.07 Å². The maximum Gasteiger partial charge on any atom is 0.416 e. The Morgan fingerprint density at radius 2 is 2.04 bits per heavy atom. The summed E-state index contributed by atoms with van der Waals surface area (Å²) in [5, 5.41) is 22.3. The Hall–Kier alpha value is -2.84. The van der Waals surface area contributed by atoms with E-state index in [0.717, 1.165) is 35.9 Å². The van der Waals surface area contributed by atoms with Gasteiger partial charge in [-0.25, -0.2) is 4.79 Å². The second kappa shape index (κ2) is 6.47. The fourth-order valence-electron chi connectivity index (χ4n) is 2.93. The van der Waals surface area contributed by atoms with Gasteiger partial charge in [0.05, 0.1) is 11.8 Å². The van der Waals surface area contributed by atoms with Crippen molar-refractivity contribution >= 4 is 5.97 Å². The van der Waals surface area contributed by atoms with E-state index < -0.39 is 34.6 Å². The molecule has 0 aliphatic heterocycles. The minimum absolute atomic E-state index is 0.0557. The first kappa shape index (κ1) is 18.0. The topological polar surface area (TPSA) is 92.4 Å². The number of nitrogens with zero attached hydrogens (tertiary/aromatic N) is 2. The monoisotopic (exact) mass is 368 g/mol. The van der Waals surface area contributed by atoms with Gasteiger partial charge >= 0.3 is 12.1 Å². The molecule has 0 radical (unpaired) electrons. The van der Waals surface area contributed by atoms with Crippen molar-refractivity contribution in [1.82, 2.24) is 9.78 Å². The van der Waals surface area contributed by atoms with E-state index in [0.29, 0.717) is 5.56 Å². The Kier molecular flexibility index (Phi) is 4.47. The van der Waals surface area contributed by atoms with Gasteiger partial charge in [0.1, 0.15) is 0 Å². The summed E-state index contributed by atoms with van der Waals surface area (Å²) < 4.78 is 40.0. The van der Waals surface area contributed by atoms with Crippen LogP contribution in [0.2, 0.25) is 0 Å². The highest BCUT2D eigenvalue weighted by atomic mass is 19.4. The van der Waals surface area contributed by atoms with E-state index in [2.05, 4.69) is 5.10 Å². The highest BCUT2D eigenvalue weighted by molar-refractivity contribution is 5.85. The van der Waals surface area contributed by atoms with Gasteiger partial charge in [0.2, 0.25) is 5.69 Å². The number of aromatic carboxylic acids is 1. The number of hydrogen-bond donors (Lipinski definition) is 2. The van der Waals surface area contributed by atoms with Crippen LogP contribution in [0.3, 0.4) is 0 Å². The molecule has 1 saturated carbocycles. The maximum atomic E-state index is 13.0. The molecule has 1 aliphatic carbocycles. The fraction of sp³-hybridized carbons (Fsp3) is 0.353. The molecule has 1 aliphatic rings. The third-order valence-electron chi connectivity index (χ3n) is 4.37. The molecule has 0 bridgehead atoms. The van der Waals surface area contributed by atoms with Crippen LogP contribution in [0.5, 0.6) is 5.75 Å². The molecule has 26 heavy (non-hydrogen) atoms. The van der Waals surface area contributed by atoms with Crippen molar-refractivity contribution in [3.8, 4) is 5.75 Å². The number of rotatable bonds is 5. The first-order chi connectivity index (χ1) is 12.2. The van der Waals surface area contributed by atoms with Crippen LogP contribution in [-0.2, 0) is 12.7 Å². The molecule has 1 heterocycles. The quantitative estimate of drug-likeness (QED) is 0.847. The molecule has 0 amide bonds. The predicted molar refractivity (Wildman–Crippen MR) is 84.0 cm³/mol. The number of aromatic hydroxyl groups is 1. The summed E-state index contributed by atoms with van der Waals surface area (Å²) in [5.41, 5.74) is -2.24. The Labute approximate surface area is 145 Å². The molecule has 1 atom stereocenters. The lowest BCUT2D eigenvalue weighted by Gasteiger charge is -2.19. The molecule has 1 aromatic heterocycles. The van der Waals surface area contributed by atoms with Gasteiger partial charge in [-0.3, -0.25) is 9.48 Å². The highest BCUT2D eigenvalue weighted by Gasteiger charge is 2.35. The van der Waals surface area contributed by atoms with Gasteiger partial charge in [0, 0.05) is 12.5 Å².